The number of hydrogen-bond acceptors (Lipinski definition) is 10. The Labute approximate surface area is 143 Å². The summed E-state index contributed by atoms with van der Waals surface area (Å²) in [4.78, 5) is 25.4. The molecule has 2 aliphatic rings. The van der Waals surface area contributed by atoms with Crippen molar-refractivity contribution in [1.29, 1.82) is 0 Å². The van der Waals surface area contributed by atoms with E-state index in [-0.39, 0.29) is 12.0 Å². The molecule has 4 N–H and O–H groups in total. The van der Waals surface area contributed by atoms with Crippen LogP contribution in [-0.2, 0) is 0 Å². The smallest absolute Gasteiger partial charge is 0.222 e. The number of guanidine groups is 1. The summed E-state index contributed by atoms with van der Waals surface area (Å²) in [5.41, 5.74) is 11.6. The number of amidine groups is 1. The first-order chi connectivity index (χ1) is 10.6. The second-order valence-corrected chi connectivity index (χ2v) is 7.15. The lowest BCUT2D eigenvalue weighted by atomic mass is 10.3. The second-order valence-electron chi connectivity index (χ2n) is 4.12. The van der Waals surface area contributed by atoms with E-state index in [0.717, 1.165) is 5.75 Å². The average molecular weight is 399 g/mol. The Balaban J connectivity index is 1.94. The molecule has 0 aliphatic carbocycles. The molecule has 1 unspecified atom stereocenters. The predicted octanol–water partition coefficient (Wildman–Crippen LogP) is 1.56. The third-order valence-corrected chi connectivity index (χ3v) is 5.42. The van der Waals surface area contributed by atoms with E-state index in [4.69, 9.17) is 11.5 Å². The van der Waals surface area contributed by atoms with Crippen LogP contribution in [0.1, 0.15) is 6.92 Å². The molecule has 2 aliphatic heterocycles. The van der Waals surface area contributed by atoms with E-state index in [2.05, 4.69) is 45.9 Å². The summed E-state index contributed by atoms with van der Waals surface area (Å²) >= 11 is 6.26. The molecule has 1 aromatic rings. The van der Waals surface area contributed by atoms with E-state index in [1.54, 1.807) is 0 Å². The van der Waals surface area contributed by atoms with Gasteiger partial charge in [0.15, 0.2) is 17.0 Å². The first-order valence-electron chi connectivity index (χ1n) is 6.24. The van der Waals surface area contributed by atoms with Crippen molar-refractivity contribution >= 4 is 68.4 Å². The molecule has 0 radical (unpaired) electrons. The lowest BCUT2D eigenvalue weighted by Crippen LogP contribution is -2.31. The van der Waals surface area contributed by atoms with Gasteiger partial charge in [0.25, 0.3) is 0 Å². The van der Waals surface area contributed by atoms with Crippen LogP contribution in [0, 0.1) is 0 Å². The fourth-order valence-corrected chi connectivity index (χ4v) is 3.73. The molecule has 3 rings (SSSR count). The van der Waals surface area contributed by atoms with Crippen LogP contribution in [0.15, 0.2) is 34.6 Å². The molecule has 3 heterocycles. The van der Waals surface area contributed by atoms with E-state index < -0.39 is 0 Å². The fraction of sp³-hybridized carbons (Fsp3) is 0.273. The molecule has 1 aromatic heterocycles. The Morgan fingerprint density at radius 2 is 2.09 bits per heavy atom. The van der Waals surface area contributed by atoms with Crippen molar-refractivity contribution in [3.05, 3.63) is 4.47 Å². The Morgan fingerprint density at radius 1 is 1.27 bits per heavy atom. The van der Waals surface area contributed by atoms with Crippen molar-refractivity contribution in [3.63, 3.8) is 0 Å². The predicted molar refractivity (Wildman–Crippen MR) is 95.2 cm³/mol. The molecule has 8 nitrogen and oxygen atoms in total. The molecule has 0 bridgehead atoms. The zero-order chi connectivity index (χ0) is 15.7. The zero-order valence-corrected chi connectivity index (χ0v) is 14.6. The summed E-state index contributed by atoms with van der Waals surface area (Å²) < 4.78 is 0.627. The molecule has 0 saturated heterocycles. The van der Waals surface area contributed by atoms with Crippen molar-refractivity contribution in [1.82, 2.24) is 9.97 Å². The van der Waals surface area contributed by atoms with Crippen molar-refractivity contribution < 1.29 is 0 Å². The molecule has 0 spiro atoms. The van der Waals surface area contributed by atoms with Crippen molar-refractivity contribution in [3.8, 4) is 0 Å². The average Bonchev–Trinajstić information content (AvgIpc) is 2.92. The Morgan fingerprint density at radius 3 is 2.86 bits per heavy atom. The minimum absolute atomic E-state index is 0.157. The van der Waals surface area contributed by atoms with Gasteiger partial charge in [0.2, 0.25) is 5.96 Å². The van der Waals surface area contributed by atoms with Gasteiger partial charge in [0.05, 0.1) is 4.47 Å². The summed E-state index contributed by atoms with van der Waals surface area (Å²) in [5.74, 6) is 1.94. The summed E-state index contributed by atoms with van der Waals surface area (Å²) in [7, 11) is 0. The maximum atomic E-state index is 5.92. The molecular formula is C11H11BrN8S2. The van der Waals surface area contributed by atoms with Crippen molar-refractivity contribution in [2.75, 3.05) is 11.5 Å². The van der Waals surface area contributed by atoms with Gasteiger partial charge in [-0.2, -0.15) is 4.99 Å². The number of thioether (sulfide) groups is 2. The summed E-state index contributed by atoms with van der Waals surface area (Å²) in [5, 5.41) is 1.94. The number of anilines is 1. The Kier molecular flexibility index (Phi) is 4.45. The number of hydrogen-bond donors (Lipinski definition) is 2. The van der Waals surface area contributed by atoms with E-state index in [1.165, 1.54) is 29.9 Å². The van der Waals surface area contributed by atoms with Crippen LogP contribution in [0.2, 0.25) is 0 Å². The van der Waals surface area contributed by atoms with Gasteiger partial charge in [0.1, 0.15) is 22.2 Å². The number of rotatable bonds is 3. The number of halogens is 1. The van der Waals surface area contributed by atoms with Crippen LogP contribution in [0.3, 0.4) is 0 Å². The number of nitrogens with zero attached hydrogens (tertiary/aromatic N) is 6. The van der Waals surface area contributed by atoms with Crippen LogP contribution >= 0.6 is 39.5 Å². The standard InChI is InChI=1S/C11H11BrN8S2/c1-2-21-11-17-6(13)4(12)8(20-11)22-9-5-7(16-3-15-5)18-10(14)19-9/h3,5H,2H2,1H3,(H2,13,17,20)(H2,14,15,16,18). The summed E-state index contributed by atoms with van der Waals surface area (Å²) in [6, 6.07) is -0.331. The first-order valence-corrected chi connectivity index (χ1v) is 8.83. The van der Waals surface area contributed by atoms with Gasteiger partial charge in [-0.1, -0.05) is 30.4 Å². The number of nitrogen functional groups attached to an aromatic ring is 1. The van der Waals surface area contributed by atoms with Crippen molar-refractivity contribution in [2.24, 2.45) is 25.7 Å². The van der Waals surface area contributed by atoms with Crippen LogP contribution in [0.4, 0.5) is 5.82 Å². The number of nitrogens with two attached hydrogens (primary N) is 2. The molecule has 11 heteroatoms. The Bertz CT molecular complexity index is 742. The molecule has 0 saturated carbocycles. The normalized spacial score (nSPS) is 19.5. The molecule has 114 valence electrons. The molecule has 0 aromatic carbocycles. The molecule has 22 heavy (non-hydrogen) atoms. The fourth-order valence-electron chi connectivity index (χ4n) is 1.74. The van der Waals surface area contributed by atoms with Crippen LogP contribution in [0.25, 0.3) is 0 Å². The number of fused-ring (bicyclic) bond motifs is 1. The molecule has 1 atom stereocenters. The van der Waals surface area contributed by atoms with E-state index >= 15 is 0 Å². The van der Waals surface area contributed by atoms with Gasteiger partial charge in [-0.25, -0.2) is 20.0 Å². The first kappa shape index (κ1) is 15.4. The largest absolute Gasteiger partial charge is 0.383 e. The van der Waals surface area contributed by atoms with Gasteiger partial charge in [0, 0.05) is 0 Å². The van der Waals surface area contributed by atoms with Crippen LogP contribution < -0.4 is 11.5 Å². The lowest BCUT2D eigenvalue weighted by Gasteiger charge is -2.16. The highest BCUT2D eigenvalue weighted by atomic mass is 79.9. The van der Waals surface area contributed by atoms with Gasteiger partial charge >= 0.3 is 0 Å². The third kappa shape index (κ3) is 3.01. The van der Waals surface area contributed by atoms with E-state index in [9.17, 15) is 0 Å². The SMILES string of the molecule is CCSc1nc(N)c(Br)c(SC2=NC(N)=NC3=NC=NC32)n1. The minimum Gasteiger partial charge on any atom is -0.383 e. The Hall–Kier alpha value is -1.46. The van der Waals surface area contributed by atoms with E-state index in [0.29, 0.717) is 31.4 Å². The molecular weight excluding hydrogens is 388 g/mol. The maximum absolute atomic E-state index is 5.92. The number of aliphatic imine (C=N–C) groups is 4. The van der Waals surface area contributed by atoms with Crippen molar-refractivity contribution in [2.45, 2.75) is 23.1 Å². The molecule has 0 amide bonds. The van der Waals surface area contributed by atoms with Gasteiger partial charge in [-0.05, 0) is 21.7 Å². The second kappa shape index (κ2) is 6.34. The third-order valence-electron chi connectivity index (χ3n) is 2.64. The highest BCUT2D eigenvalue weighted by Gasteiger charge is 2.30. The summed E-state index contributed by atoms with van der Waals surface area (Å²) in [6.07, 6.45) is 1.46. The highest BCUT2D eigenvalue weighted by Crippen LogP contribution is 2.34. The number of aromatic nitrogens is 2. The van der Waals surface area contributed by atoms with Crippen LogP contribution in [0.5, 0.6) is 0 Å². The quantitative estimate of drug-likeness (QED) is 0.451. The lowest BCUT2D eigenvalue weighted by molar-refractivity contribution is 0.889. The zero-order valence-electron chi connectivity index (χ0n) is 11.4. The monoisotopic (exact) mass is 398 g/mol. The van der Waals surface area contributed by atoms with Gasteiger partial charge in [-0.3, -0.25) is 4.99 Å². The maximum Gasteiger partial charge on any atom is 0.222 e. The molecule has 0 fully saturated rings. The van der Waals surface area contributed by atoms with Crippen LogP contribution in [-0.4, -0.2) is 44.9 Å². The summed E-state index contributed by atoms with van der Waals surface area (Å²) in [6.45, 7) is 2.03. The van der Waals surface area contributed by atoms with E-state index in [1.807, 2.05) is 6.92 Å². The topological polar surface area (TPSA) is 127 Å². The minimum atomic E-state index is -0.331. The highest BCUT2D eigenvalue weighted by molar-refractivity contribution is 9.10. The van der Waals surface area contributed by atoms with Gasteiger partial charge < -0.3 is 11.5 Å². The van der Waals surface area contributed by atoms with Gasteiger partial charge in [-0.15, -0.1) is 0 Å².